The van der Waals surface area contributed by atoms with Crippen molar-refractivity contribution in [1.29, 1.82) is 0 Å². The van der Waals surface area contributed by atoms with Gasteiger partial charge in [0.2, 0.25) is 0 Å². The molecule has 128 valence electrons. The van der Waals surface area contributed by atoms with Gasteiger partial charge in [0.25, 0.3) is 5.91 Å². The highest BCUT2D eigenvalue weighted by atomic mass is 16.2. The topological polar surface area (TPSA) is 104 Å². The second-order valence-corrected chi connectivity index (χ2v) is 6.18. The van der Waals surface area contributed by atoms with Crippen LogP contribution in [0.25, 0.3) is 10.9 Å². The van der Waals surface area contributed by atoms with Crippen LogP contribution in [-0.2, 0) is 0 Å². The van der Waals surface area contributed by atoms with E-state index in [1.54, 1.807) is 23.2 Å². The lowest BCUT2D eigenvalue weighted by atomic mass is 10.1. The van der Waals surface area contributed by atoms with Crippen LogP contribution >= 0.6 is 0 Å². The van der Waals surface area contributed by atoms with Crippen molar-refractivity contribution in [2.45, 2.75) is 6.92 Å². The van der Waals surface area contributed by atoms with Gasteiger partial charge in [0.1, 0.15) is 0 Å². The molecular weight excluding hydrogens is 316 g/mol. The van der Waals surface area contributed by atoms with Gasteiger partial charge in [0.15, 0.2) is 0 Å². The molecular formula is C18H20N6O. The Labute approximate surface area is 145 Å². The number of anilines is 4. The molecule has 1 aromatic heterocycles. The summed E-state index contributed by atoms with van der Waals surface area (Å²) in [5.41, 5.74) is 16.0. The minimum atomic E-state index is -0.0727. The van der Waals surface area contributed by atoms with E-state index < -0.39 is 0 Å². The fourth-order valence-corrected chi connectivity index (χ4v) is 3.31. The van der Waals surface area contributed by atoms with Gasteiger partial charge >= 0.3 is 0 Å². The van der Waals surface area contributed by atoms with Gasteiger partial charge in [0, 0.05) is 30.7 Å². The molecule has 7 heteroatoms. The Kier molecular flexibility index (Phi) is 3.49. The van der Waals surface area contributed by atoms with Crippen LogP contribution in [-0.4, -0.2) is 35.7 Å². The van der Waals surface area contributed by atoms with Crippen LogP contribution in [0, 0.1) is 0 Å². The summed E-state index contributed by atoms with van der Waals surface area (Å²) in [4.78, 5) is 17.1. The van der Waals surface area contributed by atoms with E-state index in [-0.39, 0.29) is 5.91 Å². The number of hydrogen-bond donors (Lipinski definition) is 3. The molecule has 0 bridgehead atoms. The molecule has 7 nitrogen and oxygen atoms in total. The maximum atomic E-state index is 13.2. The monoisotopic (exact) mass is 336 g/mol. The number of aromatic nitrogens is 2. The van der Waals surface area contributed by atoms with E-state index in [1.807, 2.05) is 18.2 Å². The molecule has 1 aliphatic rings. The van der Waals surface area contributed by atoms with Crippen LogP contribution in [0.4, 0.5) is 22.7 Å². The third kappa shape index (κ3) is 2.44. The lowest BCUT2D eigenvalue weighted by molar-refractivity contribution is 0.0990. The Morgan fingerprint density at radius 3 is 2.76 bits per heavy atom. The van der Waals surface area contributed by atoms with Gasteiger partial charge in [-0.1, -0.05) is 0 Å². The summed E-state index contributed by atoms with van der Waals surface area (Å²) in [6, 6.07) is 9.33. The molecule has 0 fully saturated rings. The molecule has 2 aromatic carbocycles. The maximum Gasteiger partial charge on any atom is 0.260 e. The number of hydrogen-bond acceptors (Lipinski definition) is 5. The molecule has 0 saturated carbocycles. The number of rotatable bonds is 2. The molecule has 25 heavy (non-hydrogen) atoms. The average molecular weight is 336 g/mol. The first-order valence-electron chi connectivity index (χ1n) is 8.27. The van der Waals surface area contributed by atoms with Gasteiger partial charge in [0.05, 0.1) is 34.3 Å². The minimum Gasteiger partial charge on any atom is -0.397 e. The predicted molar refractivity (Wildman–Crippen MR) is 101 cm³/mol. The highest BCUT2D eigenvalue weighted by molar-refractivity contribution is 6.12. The predicted octanol–water partition coefficient (Wildman–Crippen LogP) is 2.21. The molecule has 0 saturated heterocycles. The highest BCUT2D eigenvalue weighted by Crippen LogP contribution is 2.33. The summed E-state index contributed by atoms with van der Waals surface area (Å²) in [6.07, 6.45) is 1.76. The Balaban J connectivity index is 1.82. The number of fused-ring (bicyclic) bond motifs is 2. The van der Waals surface area contributed by atoms with E-state index in [0.29, 0.717) is 23.5 Å². The fraction of sp³-hybridized carbons (Fsp3) is 0.222. The van der Waals surface area contributed by atoms with Gasteiger partial charge < -0.3 is 21.3 Å². The first-order chi connectivity index (χ1) is 12.1. The Morgan fingerprint density at radius 2 is 1.96 bits per heavy atom. The van der Waals surface area contributed by atoms with Crippen molar-refractivity contribution in [3.8, 4) is 0 Å². The minimum absolute atomic E-state index is 0.0727. The van der Waals surface area contributed by atoms with Crippen molar-refractivity contribution < 1.29 is 4.79 Å². The molecule has 3 aromatic rings. The van der Waals surface area contributed by atoms with E-state index in [4.69, 9.17) is 11.5 Å². The zero-order chi connectivity index (χ0) is 17.6. The van der Waals surface area contributed by atoms with Gasteiger partial charge in [-0.05, 0) is 37.3 Å². The van der Waals surface area contributed by atoms with Gasteiger partial charge in [-0.15, -0.1) is 0 Å². The molecule has 0 spiro atoms. The molecule has 5 N–H and O–H groups in total. The van der Waals surface area contributed by atoms with Crippen molar-refractivity contribution in [2.24, 2.45) is 0 Å². The van der Waals surface area contributed by atoms with Crippen molar-refractivity contribution in [3.63, 3.8) is 0 Å². The highest BCUT2D eigenvalue weighted by Gasteiger charge is 2.28. The van der Waals surface area contributed by atoms with E-state index in [0.717, 1.165) is 35.4 Å². The SMILES string of the molecule is CCN1CCN(c2ccc3cn[nH]c3c2)C(=O)c2cc(N)c(N)cc21. The Hall–Kier alpha value is -3.22. The van der Waals surface area contributed by atoms with Crippen molar-refractivity contribution in [1.82, 2.24) is 10.2 Å². The summed E-state index contributed by atoms with van der Waals surface area (Å²) in [5.74, 6) is -0.0727. The number of amides is 1. The van der Waals surface area contributed by atoms with Crippen LogP contribution in [0.1, 0.15) is 17.3 Å². The van der Waals surface area contributed by atoms with E-state index in [9.17, 15) is 4.79 Å². The summed E-state index contributed by atoms with van der Waals surface area (Å²) in [6.45, 7) is 4.16. The first kappa shape index (κ1) is 15.3. The summed E-state index contributed by atoms with van der Waals surface area (Å²) in [5, 5.41) is 8.00. The van der Waals surface area contributed by atoms with Crippen LogP contribution in [0.15, 0.2) is 36.5 Å². The lowest BCUT2D eigenvalue weighted by Gasteiger charge is -2.23. The van der Waals surface area contributed by atoms with E-state index in [2.05, 4.69) is 22.0 Å². The summed E-state index contributed by atoms with van der Waals surface area (Å²) >= 11 is 0. The van der Waals surface area contributed by atoms with Crippen molar-refractivity contribution >= 4 is 39.6 Å². The number of nitrogens with zero attached hydrogens (tertiary/aromatic N) is 3. The molecule has 1 aliphatic heterocycles. The number of carbonyl (C=O) groups is 1. The number of aromatic amines is 1. The van der Waals surface area contributed by atoms with E-state index >= 15 is 0 Å². The number of nitrogens with one attached hydrogen (secondary N) is 1. The fourth-order valence-electron chi connectivity index (χ4n) is 3.31. The van der Waals surface area contributed by atoms with Gasteiger partial charge in [-0.2, -0.15) is 5.10 Å². The number of nitrogens with two attached hydrogens (primary N) is 2. The zero-order valence-corrected chi connectivity index (χ0v) is 14.0. The van der Waals surface area contributed by atoms with Gasteiger partial charge in [-0.25, -0.2) is 0 Å². The number of likely N-dealkylation sites (N-methyl/N-ethyl adjacent to an activating group) is 1. The number of benzene rings is 2. The third-order valence-electron chi connectivity index (χ3n) is 4.73. The lowest BCUT2D eigenvalue weighted by Crippen LogP contribution is -2.34. The molecule has 4 rings (SSSR count). The molecule has 0 unspecified atom stereocenters. The summed E-state index contributed by atoms with van der Waals surface area (Å²) < 4.78 is 0. The van der Waals surface area contributed by atoms with Crippen LogP contribution < -0.4 is 21.3 Å². The summed E-state index contributed by atoms with van der Waals surface area (Å²) in [7, 11) is 0. The molecule has 1 amide bonds. The second-order valence-electron chi connectivity index (χ2n) is 6.18. The maximum absolute atomic E-state index is 13.2. The second kappa shape index (κ2) is 5.70. The molecule has 0 atom stereocenters. The Morgan fingerprint density at radius 1 is 1.16 bits per heavy atom. The number of carbonyl (C=O) groups excluding carboxylic acids is 1. The molecule has 0 radical (unpaired) electrons. The molecule has 2 heterocycles. The van der Waals surface area contributed by atoms with Crippen molar-refractivity contribution in [2.75, 3.05) is 40.9 Å². The standard InChI is InChI=1S/C18H20N6O/c1-2-23-5-6-24(12-4-3-11-10-21-22-16(11)7-12)18(25)13-8-14(19)15(20)9-17(13)23/h3-4,7-10H,2,5-6,19-20H2,1H3,(H,21,22). The smallest absolute Gasteiger partial charge is 0.260 e. The van der Waals surface area contributed by atoms with Crippen molar-refractivity contribution in [3.05, 3.63) is 42.1 Å². The van der Waals surface area contributed by atoms with E-state index in [1.165, 1.54) is 0 Å². The van der Waals surface area contributed by atoms with Crippen LogP contribution in [0.5, 0.6) is 0 Å². The third-order valence-corrected chi connectivity index (χ3v) is 4.73. The number of nitrogen functional groups attached to an aromatic ring is 2. The number of H-pyrrole nitrogens is 1. The van der Waals surface area contributed by atoms with Crippen LogP contribution in [0.3, 0.4) is 0 Å². The quantitative estimate of drug-likeness (QED) is 0.622. The first-order valence-corrected chi connectivity index (χ1v) is 8.27. The van der Waals surface area contributed by atoms with Crippen LogP contribution in [0.2, 0.25) is 0 Å². The largest absolute Gasteiger partial charge is 0.397 e. The Bertz CT molecular complexity index is 963. The average Bonchev–Trinajstić information content (AvgIpc) is 3.03. The zero-order valence-electron chi connectivity index (χ0n) is 14.0. The normalized spacial score (nSPS) is 14.7. The van der Waals surface area contributed by atoms with Gasteiger partial charge in [-0.3, -0.25) is 9.89 Å². The molecule has 0 aliphatic carbocycles.